The molecule has 2 aromatic heterocycles. The van der Waals surface area contributed by atoms with Crippen LogP contribution in [0.3, 0.4) is 0 Å². The van der Waals surface area contributed by atoms with Gasteiger partial charge in [0.15, 0.2) is 0 Å². The minimum Gasteiger partial charge on any atom is -0.478 e. The number of nitrogens with two attached hydrogens (primary N) is 1. The molecule has 4 N–H and O–H groups in total. The summed E-state index contributed by atoms with van der Waals surface area (Å²) in [5.41, 5.74) is 8.87. The largest absolute Gasteiger partial charge is 0.478 e. The highest BCUT2D eigenvalue weighted by Gasteiger charge is 2.20. The van der Waals surface area contributed by atoms with Crippen molar-refractivity contribution in [2.45, 2.75) is 23.5 Å². The first-order valence-electron chi connectivity index (χ1n) is 7.74. The van der Waals surface area contributed by atoms with Gasteiger partial charge in [-0.1, -0.05) is 11.6 Å². The molecular formula is C17H17ClN4O4S2. The maximum atomic E-state index is 9.55. The number of hydrogen-bond donors (Lipinski definition) is 3. The van der Waals surface area contributed by atoms with Crippen molar-refractivity contribution in [1.82, 2.24) is 9.97 Å². The summed E-state index contributed by atoms with van der Waals surface area (Å²) in [5, 5.41) is 25.4. The van der Waals surface area contributed by atoms with Crippen molar-refractivity contribution >= 4 is 46.6 Å². The Morgan fingerprint density at radius 3 is 2.50 bits per heavy atom. The van der Waals surface area contributed by atoms with Gasteiger partial charge in [0.2, 0.25) is 0 Å². The second kappa shape index (κ2) is 12.1. The van der Waals surface area contributed by atoms with E-state index in [1.807, 2.05) is 13.0 Å². The van der Waals surface area contributed by atoms with Crippen LogP contribution in [0.2, 0.25) is 5.15 Å². The maximum absolute atomic E-state index is 9.55. The molecule has 2 aromatic rings. The molecule has 0 fully saturated rings. The first-order valence-corrected chi connectivity index (χ1v) is 9.88. The molecule has 11 heteroatoms. The van der Waals surface area contributed by atoms with Crippen LogP contribution in [0.25, 0.3) is 0 Å². The Balaban J connectivity index is 0.000000416. The molecular weight excluding hydrogens is 424 g/mol. The van der Waals surface area contributed by atoms with Gasteiger partial charge in [-0.25, -0.2) is 14.6 Å². The fraction of sp³-hybridized carbons (Fsp3) is 0.235. The summed E-state index contributed by atoms with van der Waals surface area (Å²) in [5.74, 6) is -2.51. The van der Waals surface area contributed by atoms with Gasteiger partial charge in [-0.3, -0.25) is 4.98 Å². The van der Waals surface area contributed by atoms with Crippen molar-refractivity contribution in [3.8, 4) is 6.07 Å². The summed E-state index contributed by atoms with van der Waals surface area (Å²) in [6.07, 6.45) is 3.49. The molecule has 0 radical (unpaired) electrons. The molecule has 0 aliphatic heterocycles. The van der Waals surface area contributed by atoms with Crippen molar-refractivity contribution in [2.24, 2.45) is 5.73 Å². The molecule has 1 unspecified atom stereocenters. The van der Waals surface area contributed by atoms with E-state index in [4.69, 9.17) is 27.5 Å². The molecule has 0 amide bonds. The second-order valence-corrected chi connectivity index (χ2v) is 7.62. The lowest BCUT2D eigenvalue weighted by Crippen LogP contribution is -2.04. The maximum Gasteiger partial charge on any atom is 0.328 e. The van der Waals surface area contributed by atoms with Crippen LogP contribution in [-0.4, -0.2) is 38.7 Å². The number of carbonyl (C=O) groups is 2. The van der Waals surface area contributed by atoms with E-state index in [9.17, 15) is 14.9 Å². The van der Waals surface area contributed by atoms with Crippen LogP contribution >= 0.6 is 34.7 Å². The van der Waals surface area contributed by atoms with Gasteiger partial charge in [0.25, 0.3) is 0 Å². The van der Waals surface area contributed by atoms with Gasteiger partial charge >= 0.3 is 11.9 Å². The summed E-state index contributed by atoms with van der Waals surface area (Å²) < 4.78 is 0. The fourth-order valence-electron chi connectivity index (χ4n) is 1.86. The van der Waals surface area contributed by atoms with E-state index in [2.05, 4.69) is 16.0 Å². The summed E-state index contributed by atoms with van der Waals surface area (Å²) >= 11 is 9.22. The summed E-state index contributed by atoms with van der Waals surface area (Å²) in [6, 6.07) is 4.09. The van der Waals surface area contributed by atoms with E-state index in [0.29, 0.717) is 29.4 Å². The predicted octanol–water partition coefficient (Wildman–Crippen LogP) is 3.27. The molecule has 148 valence electrons. The second-order valence-electron chi connectivity index (χ2n) is 5.13. The number of hydrogen-bond acceptors (Lipinski definition) is 8. The number of halogens is 1. The van der Waals surface area contributed by atoms with Crippen molar-refractivity contribution in [3.63, 3.8) is 0 Å². The van der Waals surface area contributed by atoms with Gasteiger partial charge in [0.1, 0.15) is 11.2 Å². The monoisotopic (exact) mass is 440 g/mol. The number of pyridine rings is 1. The topological polar surface area (TPSA) is 150 Å². The first kappa shape index (κ1) is 23.6. The highest BCUT2D eigenvalue weighted by atomic mass is 35.5. The summed E-state index contributed by atoms with van der Waals surface area (Å²) in [6.45, 7) is 2.46. The molecule has 2 rings (SSSR count). The van der Waals surface area contributed by atoms with E-state index in [0.717, 1.165) is 21.9 Å². The van der Waals surface area contributed by atoms with Gasteiger partial charge in [0.05, 0.1) is 16.0 Å². The molecule has 8 nitrogen and oxygen atoms in total. The minimum atomic E-state index is -1.26. The number of nitrogens with zero attached hydrogens (tertiary/aromatic N) is 3. The van der Waals surface area contributed by atoms with Crippen molar-refractivity contribution in [2.75, 3.05) is 6.54 Å². The Morgan fingerprint density at radius 2 is 2.04 bits per heavy atom. The molecule has 28 heavy (non-hydrogen) atoms. The zero-order valence-electron chi connectivity index (χ0n) is 14.7. The lowest BCUT2D eigenvalue weighted by molar-refractivity contribution is -0.134. The van der Waals surface area contributed by atoms with Gasteiger partial charge in [-0.15, -0.1) is 23.1 Å². The number of carboxylic acid groups (broad SMARTS) is 2. The minimum absolute atomic E-state index is 0.105. The SMILES string of the molecule is Cc1cc(SC(CCN)c2scnc2Cl)c(C#N)cn1.O=C(O)/C=C/C(=O)O. The van der Waals surface area contributed by atoms with Gasteiger partial charge < -0.3 is 15.9 Å². The normalized spacial score (nSPS) is 11.4. The Morgan fingerprint density at radius 1 is 1.39 bits per heavy atom. The lowest BCUT2D eigenvalue weighted by atomic mass is 10.2. The predicted molar refractivity (Wildman–Crippen MR) is 107 cm³/mol. The zero-order valence-corrected chi connectivity index (χ0v) is 17.1. The number of aliphatic carboxylic acids is 2. The molecule has 1 atom stereocenters. The Labute approximate surface area is 174 Å². The Hall–Kier alpha value is -2.45. The van der Waals surface area contributed by atoms with Gasteiger partial charge in [-0.05, 0) is 26.0 Å². The number of rotatable bonds is 7. The van der Waals surface area contributed by atoms with Crippen LogP contribution in [0.1, 0.15) is 27.8 Å². The van der Waals surface area contributed by atoms with Crippen LogP contribution in [0.5, 0.6) is 0 Å². The van der Waals surface area contributed by atoms with Crippen LogP contribution in [0.15, 0.2) is 34.8 Å². The van der Waals surface area contributed by atoms with Crippen molar-refractivity contribution in [1.29, 1.82) is 5.26 Å². The molecule has 2 heterocycles. The molecule has 0 aliphatic rings. The smallest absolute Gasteiger partial charge is 0.328 e. The Kier molecular flexibility index (Phi) is 10.2. The van der Waals surface area contributed by atoms with Crippen LogP contribution in [0.4, 0.5) is 0 Å². The van der Waals surface area contributed by atoms with Crippen LogP contribution < -0.4 is 5.73 Å². The molecule has 0 aromatic carbocycles. The average molecular weight is 441 g/mol. The third-order valence-electron chi connectivity index (χ3n) is 3.03. The number of thiazole rings is 1. The van der Waals surface area contributed by atoms with Crippen LogP contribution in [-0.2, 0) is 9.59 Å². The first-order chi connectivity index (χ1) is 13.3. The number of carboxylic acids is 2. The van der Waals surface area contributed by atoms with Crippen molar-refractivity contribution in [3.05, 3.63) is 51.2 Å². The highest BCUT2D eigenvalue weighted by molar-refractivity contribution is 7.99. The fourth-order valence-corrected chi connectivity index (χ4v) is 4.54. The molecule has 0 saturated carbocycles. The number of aryl methyl sites for hydroxylation is 1. The standard InChI is InChI=1S/C13H13ClN4S2.C4H4O4/c1-8-4-11(9(5-16)6-17-8)20-10(2-3-15)12-13(14)18-7-19-12;5-3(6)1-2-4(7)8/h4,6-7,10H,2-3,15H2,1H3;1-2H,(H,5,6)(H,7,8)/b;2-1+. The molecule has 0 spiro atoms. The van der Waals surface area contributed by atoms with E-state index < -0.39 is 11.9 Å². The quantitative estimate of drug-likeness (QED) is 0.435. The number of nitriles is 1. The highest BCUT2D eigenvalue weighted by Crippen LogP contribution is 2.43. The molecule has 0 bridgehead atoms. The third kappa shape index (κ3) is 8.06. The van der Waals surface area contributed by atoms with E-state index in [1.54, 1.807) is 23.5 Å². The van der Waals surface area contributed by atoms with E-state index in [1.165, 1.54) is 11.3 Å². The molecule has 0 saturated heterocycles. The molecule has 0 aliphatic carbocycles. The summed E-state index contributed by atoms with van der Waals surface area (Å²) in [4.78, 5) is 29.2. The Bertz CT molecular complexity index is 880. The van der Waals surface area contributed by atoms with E-state index >= 15 is 0 Å². The van der Waals surface area contributed by atoms with Gasteiger partial charge in [0, 0.05) is 34.2 Å². The summed E-state index contributed by atoms with van der Waals surface area (Å²) in [7, 11) is 0. The van der Waals surface area contributed by atoms with Crippen LogP contribution in [0, 0.1) is 18.3 Å². The zero-order chi connectivity index (χ0) is 21.1. The number of aromatic nitrogens is 2. The van der Waals surface area contributed by atoms with Gasteiger partial charge in [-0.2, -0.15) is 5.26 Å². The van der Waals surface area contributed by atoms with Crippen molar-refractivity contribution < 1.29 is 19.8 Å². The van der Waals surface area contributed by atoms with E-state index in [-0.39, 0.29) is 5.25 Å². The average Bonchev–Trinajstić information content (AvgIpc) is 3.06. The third-order valence-corrected chi connectivity index (χ3v) is 5.88. The lowest BCUT2D eigenvalue weighted by Gasteiger charge is -2.15. The number of thioether (sulfide) groups is 1.